The first-order valence-corrected chi connectivity index (χ1v) is 6.19. The first-order chi connectivity index (χ1) is 6.24. The molecule has 1 rings (SSSR count). The van der Waals surface area contributed by atoms with E-state index in [0.29, 0.717) is 0 Å². The van der Waals surface area contributed by atoms with Crippen LogP contribution >= 0.6 is 27.7 Å². The van der Waals surface area contributed by atoms with E-state index in [4.69, 9.17) is 0 Å². The monoisotopic (exact) mass is 257 g/mol. The molecule has 1 aromatic carbocycles. The Morgan fingerprint density at radius 1 is 1.38 bits per heavy atom. The lowest BCUT2D eigenvalue weighted by atomic mass is 10.2. The van der Waals surface area contributed by atoms with Crippen molar-refractivity contribution >= 4 is 32.7 Å². The fourth-order valence-corrected chi connectivity index (χ4v) is 1.96. The van der Waals surface area contributed by atoms with Gasteiger partial charge in [0, 0.05) is 5.56 Å². The van der Waals surface area contributed by atoms with Crippen molar-refractivity contribution in [1.29, 1.82) is 0 Å². The summed E-state index contributed by atoms with van der Waals surface area (Å²) in [6, 6.07) is 10.2. The molecule has 0 radical (unpaired) electrons. The molecule has 0 saturated carbocycles. The minimum absolute atomic E-state index is 0.176. The predicted octanol–water partition coefficient (Wildman–Crippen LogP) is 3.54. The Morgan fingerprint density at radius 2 is 2.00 bits per heavy atom. The van der Waals surface area contributed by atoms with Gasteiger partial charge in [-0.1, -0.05) is 46.3 Å². The molecule has 0 amide bonds. The Labute approximate surface area is 91.8 Å². The number of alkyl halides is 1. The SMILES string of the molecule is CSC(=NC(C)Br)c1ccccc1. The Morgan fingerprint density at radius 3 is 2.46 bits per heavy atom. The third-order valence-corrected chi connectivity index (χ3v) is 2.44. The highest BCUT2D eigenvalue weighted by atomic mass is 79.9. The number of benzene rings is 1. The standard InChI is InChI=1S/C10H12BrNS/c1-8(11)12-10(13-2)9-6-4-3-5-7-9/h3-8H,1-2H3. The van der Waals surface area contributed by atoms with Crippen LogP contribution < -0.4 is 0 Å². The number of hydrogen-bond acceptors (Lipinski definition) is 2. The van der Waals surface area contributed by atoms with Gasteiger partial charge in [0.15, 0.2) is 0 Å². The molecule has 13 heavy (non-hydrogen) atoms. The summed E-state index contributed by atoms with van der Waals surface area (Å²) in [6.45, 7) is 2.01. The molecule has 0 bridgehead atoms. The first-order valence-electron chi connectivity index (χ1n) is 4.05. The van der Waals surface area contributed by atoms with Crippen molar-refractivity contribution in [3.63, 3.8) is 0 Å². The van der Waals surface area contributed by atoms with E-state index in [-0.39, 0.29) is 4.95 Å². The van der Waals surface area contributed by atoms with Gasteiger partial charge < -0.3 is 0 Å². The number of rotatable bonds is 2. The van der Waals surface area contributed by atoms with Crippen LogP contribution in [0.4, 0.5) is 0 Å². The lowest BCUT2D eigenvalue weighted by Gasteiger charge is -2.04. The molecule has 70 valence electrons. The molecule has 0 aliphatic rings. The Bertz CT molecular complexity index is 282. The molecule has 1 nitrogen and oxygen atoms in total. The van der Waals surface area contributed by atoms with Gasteiger partial charge in [-0.2, -0.15) is 0 Å². The molecule has 0 fully saturated rings. The van der Waals surface area contributed by atoms with E-state index in [1.807, 2.05) is 31.4 Å². The second-order valence-electron chi connectivity index (χ2n) is 2.58. The van der Waals surface area contributed by atoms with Crippen molar-refractivity contribution in [2.45, 2.75) is 11.9 Å². The number of halogens is 1. The topological polar surface area (TPSA) is 12.4 Å². The van der Waals surface area contributed by atoms with Crippen LogP contribution in [0.3, 0.4) is 0 Å². The van der Waals surface area contributed by atoms with Crippen molar-refractivity contribution < 1.29 is 0 Å². The lowest BCUT2D eigenvalue weighted by Crippen LogP contribution is -1.97. The first kappa shape index (κ1) is 10.8. The van der Waals surface area contributed by atoms with Crippen molar-refractivity contribution in [2.75, 3.05) is 6.26 Å². The van der Waals surface area contributed by atoms with E-state index in [1.165, 1.54) is 5.56 Å². The Hall–Kier alpha value is -0.280. The molecule has 1 aromatic rings. The zero-order chi connectivity index (χ0) is 9.68. The molecule has 0 saturated heterocycles. The molecule has 0 spiro atoms. The quantitative estimate of drug-likeness (QED) is 0.342. The van der Waals surface area contributed by atoms with Gasteiger partial charge in [-0.15, -0.1) is 11.8 Å². The summed E-state index contributed by atoms with van der Waals surface area (Å²) in [4.78, 5) is 4.64. The molecular formula is C10H12BrNS. The van der Waals surface area contributed by atoms with Crippen LogP contribution in [0.25, 0.3) is 0 Å². The zero-order valence-electron chi connectivity index (χ0n) is 7.70. The summed E-state index contributed by atoms with van der Waals surface area (Å²) in [5, 5.41) is 1.07. The maximum absolute atomic E-state index is 4.46. The molecule has 0 aliphatic heterocycles. The Balaban J connectivity index is 2.91. The van der Waals surface area contributed by atoms with Gasteiger partial charge in [-0.3, -0.25) is 4.99 Å². The molecule has 0 aliphatic carbocycles. The van der Waals surface area contributed by atoms with Gasteiger partial charge in [0.1, 0.15) is 4.95 Å². The minimum Gasteiger partial charge on any atom is -0.263 e. The van der Waals surface area contributed by atoms with E-state index < -0.39 is 0 Å². The fraction of sp³-hybridized carbons (Fsp3) is 0.300. The van der Waals surface area contributed by atoms with Gasteiger partial charge in [-0.05, 0) is 13.2 Å². The molecular weight excluding hydrogens is 246 g/mol. The second-order valence-corrected chi connectivity index (χ2v) is 4.70. The van der Waals surface area contributed by atoms with E-state index in [0.717, 1.165) is 5.04 Å². The zero-order valence-corrected chi connectivity index (χ0v) is 10.1. The van der Waals surface area contributed by atoms with Gasteiger partial charge in [0.2, 0.25) is 0 Å². The minimum atomic E-state index is 0.176. The van der Waals surface area contributed by atoms with E-state index in [2.05, 4.69) is 33.1 Å². The Kier molecular flexibility index (Phi) is 4.53. The third kappa shape index (κ3) is 3.53. The normalized spacial score (nSPS) is 14.2. The van der Waals surface area contributed by atoms with E-state index in [9.17, 15) is 0 Å². The van der Waals surface area contributed by atoms with Crippen LogP contribution in [0.1, 0.15) is 12.5 Å². The summed E-state index contributed by atoms with van der Waals surface area (Å²) in [6.07, 6.45) is 2.04. The number of thioether (sulfide) groups is 1. The highest BCUT2D eigenvalue weighted by molar-refractivity contribution is 9.09. The number of aliphatic imine (C=N–C) groups is 1. The summed E-state index contributed by atoms with van der Waals surface area (Å²) < 4.78 is 0. The second kappa shape index (κ2) is 5.45. The van der Waals surface area contributed by atoms with Crippen LogP contribution in [-0.4, -0.2) is 16.3 Å². The van der Waals surface area contributed by atoms with Gasteiger partial charge in [0.25, 0.3) is 0 Å². The average Bonchev–Trinajstić information content (AvgIpc) is 2.15. The van der Waals surface area contributed by atoms with Crippen molar-refractivity contribution in [3.8, 4) is 0 Å². The van der Waals surface area contributed by atoms with Gasteiger partial charge in [-0.25, -0.2) is 0 Å². The van der Waals surface area contributed by atoms with Gasteiger partial charge >= 0.3 is 0 Å². The van der Waals surface area contributed by atoms with Crippen LogP contribution in [0.5, 0.6) is 0 Å². The van der Waals surface area contributed by atoms with Crippen LogP contribution in [0.15, 0.2) is 35.3 Å². The summed E-state index contributed by atoms with van der Waals surface area (Å²) in [5.41, 5.74) is 1.18. The van der Waals surface area contributed by atoms with Gasteiger partial charge in [0.05, 0.1) is 5.04 Å². The number of nitrogens with zero attached hydrogens (tertiary/aromatic N) is 1. The van der Waals surface area contributed by atoms with Crippen molar-refractivity contribution in [3.05, 3.63) is 35.9 Å². The summed E-state index contributed by atoms with van der Waals surface area (Å²) in [5.74, 6) is 0. The van der Waals surface area contributed by atoms with E-state index >= 15 is 0 Å². The number of hydrogen-bond donors (Lipinski definition) is 0. The predicted molar refractivity (Wildman–Crippen MR) is 64.9 cm³/mol. The maximum Gasteiger partial charge on any atom is 0.103 e. The molecule has 0 N–H and O–H groups in total. The van der Waals surface area contributed by atoms with Crippen LogP contribution in [0.2, 0.25) is 0 Å². The highest BCUT2D eigenvalue weighted by Gasteiger charge is 2.01. The molecule has 3 heteroatoms. The van der Waals surface area contributed by atoms with Crippen LogP contribution in [-0.2, 0) is 0 Å². The highest BCUT2D eigenvalue weighted by Crippen LogP contribution is 2.13. The van der Waals surface area contributed by atoms with Crippen molar-refractivity contribution in [1.82, 2.24) is 0 Å². The largest absolute Gasteiger partial charge is 0.263 e. The molecule has 0 aromatic heterocycles. The smallest absolute Gasteiger partial charge is 0.103 e. The third-order valence-electron chi connectivity index (χ3n) is 1.51. The molecule has 1 atom stereocenters. The van der Waals surface area contributed by atoms with E-state index in [1.54, 1.807) is 11.8 Å². The summed E-state index contributed by atoms with van der Waals surface area (Å²) in [7, 11) is 0. The molecule has 0 heterocycles. The molecule has 1 unspecified atom stereocenters. The fourth-order valence-electron chi connectivity index (χ4n) is 0.987. The average molecular weight is 258 g/mol. The van der Waals surface area contributed by atoms with Crippen LogP contribution in [0, 0.1) is 0 Å². The maximum atomic E-state index is 4.46. The lowest BCUT2D eigenvalue weighted by molar-refractivity contribution is 1.07. The van der Waals surface area contributed by atoms with Crippen molar-refractivity contribution in [2.24, 2.45) is 4.99 Å². The summed E-state index contributed by atoms with van der Waals surface area (Å²) >= 11 is 5.08.